The van der Waals surface area contributed by atoms with Gasteiger partial charge in [-0.25, -0.2) is 8.42 Å². The summed E-state index contributed by atoms with van der Waals surface area (Å²) in [6.07, 6.45) is 4.64. The number of nitrogens with zero attached hydrogens (tertiary/aromatic N) is 4. The Hall–Kier alpha value is -2.43. The second-order valence-corrected chi connectivity index (χ2v) is 10.4. The summed E-state index contributed by atoms with van der Waals surface area (Å²) in [5.74, 6) is -0.200. The highest BCUT2D eigenvalue weighted by Gasteiger charge is 2.28. The SMILES string of the molecule is CCN(CC)S(=O)(=O)c1ccc(Cl)c(C(=O)N2CCC(CNC(=O)c3cnn(C)c3)CC2)c1. The van der Waals surface area contributed by atoms with E-state index in [4.69, 9.17) is 11.6 Å². The van der Waals surface area contributed by atoms with Crippen LogP contribution in [0.25, 0.3) is 0 Å². The molecule has 0 spiro atoms. The van der Waals surface area contributed by atoms with Gasteiger partial charge in [-0.3, -0.25) is 14.3 Å². The highest BCUT2D eigenvalue weighted by Crippen LogP contribution is 2.26. The largest absolute Gasteiger partial charge is 0.352 e. The van der Waals surface area contributed by atoms with Crippen LogP contribution >= 0.6 is 11.6 Å². The monoisotopic (exact) mass is 495 g/mol. The van der Waals surface area contributed by atoms with Gasteiger partial charge in [0.15, 0.2) is 0 Å². The average molecular weight is 496 g/mol. The average Bonchev–Trinajstić information content (AvgIpc) is 3.24. The van der Waals surface area contributed by atoms with Crippen molar-refractivity contribution in [1.82, 2.24) is 24.3 Å². The summed E-state index contributed by atoms with van der Waals surface area (Å²) in [7, 11) is -1.94. The minimum Gasteiger partial charge on any atom is -0.352 e. The van der Waals surface area contributed by atoms with Gasteiger partial charge < -0.3 is 10.2 Å². The van der Waals surface area contributed by atoms with E-state index >= 15 is 0 Å². The lowest BCUT2D eigenvalue weighted by molar-refractivity contribution is 0.0684. The second-order valence-electron chi connectivity index (χ2n) is 8.08. The first kappa shape index (κ1) is 25.2. The van der Waals surface area contributed by atoms with Gasteiger partial charge in [0.1, 0.15) is 0 Å². The van der Waals surface area contributed by atoms with Crippen molar-refractivity contribution in [1.29, 1.82) is 0 Å². The van der Waals surface area contributed by atoms with E-state index in [0.29, 0.717) is 38.3 Å². The number of aryl methyl sites for hydroxylation is 1. The zero-order valence-corrected chi connectivity index (χ0v) is 20.7. The Labute approximate surface area is 199 Å². The molecule has 0 radical (unpaired) electrons. The Morgan fingerprint density at radius 1 is 1.21 bits per heavy atom. The summed E-state index contributed by atoms with van der Waals surface area (Å²) >= 11 is 6.27. The van der Waals surface area contributed by atoms with Gasteiger partial charge in [0.25, 0.3) is 11.8 Å². The van der Waals surface area contributed by atoms with E-state index in [-0.39, 0.29) is 33.2 Å². The number of piperidine rings is 1. The molecule has 180 valence electrons. The first-order valence-electron chi connectivity index (χ1n) is 11.0. The molecular weight excluding hydrogens is 466 g/mol. The van der Waals surface area contributed by atoms with Crippen LogP contribution in [0.2, 0.25) is 5.02 Å². The van der Waals surface area contributed by atoms with E-state index in [9.17, 15) is 18.0 Å². The molecule has 9 nitrogen and oxygen atoms in total. The molecule has 1 N–H and O–H groups in total. The number of sulfonamides is 1. The van der Waals surface area contributed by atoms with Crippen molar-refractivity contribution in [3.05, 3.63) is 46.7 Å². The molecule has 2 aromatic rings. The highest BCUT2D eigenvalue weighted by molar-refractivity contribution is 7.89. The van der Waals surface area contributed by atoms with Crippen LogP contribution in [-0.2, 0) is 17.1 Å². The van der Waals surface area contributed by atoms with E-state index in [1.165, 1.54) is 28.7 Å². The van der Waals surface area contributed by atoms with Gasteiger partial charge in [-0.1, -0.05) is 25.4 Å². The normalized spacial score (nSPS) is 15.1. The van der Waals surface area contributed by atoms with Crippen LogP contribution in [-0.4, -0.2) is 71.9 Å². The number of carbonyl (C=O) groups is 2. The lowest BCUT2D eigenvalue weighted by Crippen LogP contribution is -2.41. The predicted octanol–water partition coefficient (Wildman–Crippen LogP) is 2.39. The molecule has 1 aromatic heterocycles. The van der Waals surface area contributed by atoms with Crippen LogP contribution in [0.3, 0.4) is 0 Å². The van der Waals surface area contributed by atoms with Crippen molar-refractivity contribution in [2.45, 2.75) is 31.6 Å². The zero-order valence-electron chi connectivity index (χ0n) is 19.1. The minimum atomic E-state index is -3.69. The van der Waals surface area contributed by atoms with Crippen molar-refractivity contribution in [2.24, 2.45) is 13.0 Å². The van der Waals surface area contributed by atoms with E-state index in [0.717, 1.165) is 12.8 Å². The molecule has 3 rings (SSSR count). The third kappa shape index (κ3) is 5.74. The molecule has 0 bridgehead atoms. The van der Waals surface area contributed by atoms with Gasteiger partial charge in [0.2, 0.25) is 10.0 Å². The zero-order chi connectivity index (χ0) is 24.2. The summed E-state index contributed by atoms with van der Waals surface area (Å²) in [6.45, 7) is 5.77. The van der Waals surface area contributed by atoms with Gasteiger partial charge in [-0.15, -0.1) is 0 Å². The molecule has 0 aliphatic carbocycles. The Kier molecular flexibility index (Phi) is 8.14. The summed E-state index contributed by atoms with van der Waals surface area (Å²) in [5.41, 5.74) is 0.701. The Morgan fingerprint density at radius 2 is 1.88 bits per heavy atom. The van der Waals surface area contributed by atoms with E-state index in [1.807, 2.05) is 0 Å². The van der Waals surface area contributed by atoms with E-state index in [2.05, 4.69) is 10.4 Å². The summed E-state index contributed by atoms with van der Waals surface area (Å²) < 4.78 is 28.6. The molecule has 0 unspecified atom stereocenters. The topological polar surface area (TPSA) is 105 Å². The number of carbonyl (C=O) groups excluding carboxylic acids is 2. The summed E-state index contributed by atoms with van der Waals surface area (Å²) in [6, 6.07) is 4.27. The number of benzene rings is 1. The molecule has 33 heavy (non-hydrogen) atoms. The first-order valence-corrected chi connectivity index (χ1v) is 12.8. The molecule has 0 saturated carbocycles. The van der Waals surface area contributed by atoms with Crippen LogP contribution in [0.4, 0.5) is 0 Å². The number of hydrogen-bond acceptors (Lipinski definition) is 5. The van der Waals surface area contributed by atoms with Crippen LogP contribution in [0.15, 0.2) is 35.5 Å². The lowest BCUT2D eigenvalue weighted by Gasteiger charge is -2.32. The third-order valence-electron chi connectivity index (χ3n) is 5.93. The molecule has 1 aliphatic rings. The number of halogens is 1. The number of amides is 2. The minimum absolute atomic E-state index is 0.0620. The Bertz CT molecular complexity index is 1110. The van der Waals surface area contributed by atoms with Gasteiger partial charge >= 0.3 is 0 Å². The fraction of sp³-hybridized carbons (Fsp3) is 0.500. The quantitative estimate of drug-likeness (QED) is 0.605. The van der Waals surface area contributed by atoms with Crippen molar-refractivity contribution < 1.29 is 18.0 Å². The van der Waals surface area contributed by atoms with Crippen molar-refractivity contribution in [3.63, 3.8) is 0 Å². The molecule has 2 heterocycles. The van der Waals surface area contributed by atoms with Crippen molar-refractivity contribution in [3.8, 4) is 0 Å². The van der Waals surface area contributed by atoms with Crippen LogP contribution in [0.1, 0.15) is 47.4 Å². The van der Waals surface area contributed by atoms with Gasteiger partial charge in [-0.05, 0) is 37.0 Å². The number of aromatic nitrogens is 2. The fourth-order valence-corrected chi connectivity index (χ4v) is 5.61. The number of rotatable bonds is 8. The molecule has 0 atom stereocenters. The maximum absolute atomic E-state index is 13.1. The summed E-state index contributed by atoms with van der Waals surface area (Å²) in [4.78, 5) is 27.1. The highest BCUT2D eigenvalue weighted by atomic mass is 35.5. The van der Waals surface area contributed by atoms with Gasteiger partial charge in [0, 0.05) is 46.0 Å². The standard InChI is InChI=1S/C22H30ClN5O4S/c1-4-28(5-2)33(31,32)18-6-7-20(23)19(12-18)22(30)27-10-8-16(9-11-27)13-24-21(29)17-14-25-26(3)15-17/h6-7,12,14-16H,4-5,8-11,13H2,1-3H3,(H,24,29). The molecule has 11 heteroatoms. The van der Waals surface area contributed by atoms with Crippen LogP contribution < -0.4 is 5.32 Å². The summed E-state index contributed by atoms with van der Waals surface area (Å²) in [5, 5.41) is 7.15. The van der Waals surface area contributed by atoms with Crippen molar-refractivity contribution in [2.75, 3.05) is 32.7 Å². The number of nitrogens with one attached hydrogen (secondary N) is 1. The molecule has 1 aliphatic heterocycles. The first-order chi connectivity index (χ1) is 15.7. The lowest BCUT2D eigenvalue weighted by atomic mass is 9.96. The van der Waals surface area contributed by atoms with E-state index < -0.39 is 10.0 Å². The molecule has 2 amide bonds. The predicted molar refractivity (Wildman–Crippen MR) is 126 cm³/mol. The van der Waals surface area contributed by atoms with Gasteiger partial charge in [-0.2, -0.15) is 9.40 Å². The Balaban J connectivity index is 1.62. The third-order valence-corrected chi connectivity index (χ3v) is 8.31. The Morgan fingerprint density at radius 3 is 2.45 bits per heavy atom. The van der Waals surface area contributed by atoms with Crippen LogP contribution in [0.5, 0.6) is 0 Å². The molecule has 1 fully saturated rings. The number of likely N-dealkylation sites (tertiary alicyclic amines) is 1. The maximum atomic E-state index is 13.1. The second kappa shape index (κ2) is 10.7. The van der Waals surface area contributed by atoms with Crippen LogP contribution in [0, 0.1) is 5.92 Å². The maximum Gasteiger partial charge on any atom is 0.255 e. The molecule has 1 saturated heterocycles. The molecular formula is C22H30ClN5O4S. The van der Waals surface area contributed by atoms with Gasteiger partial charge in [0.05, 0.1) is 27.2 Å². The fourth-order valence-electron chi connectivity index (χ4n) is 3.93. The number of hydrogen-bond donors (Lipinski definition) is 1. The van der Waals surface area contributed by atoms with E-state index in [1.54, 1.807) is 36.7 Å². The molecule has 1 aromatic carbocycles. The smallest absolute Gasteiger partial charge is 0.255 e. The van der Waals surface area contributed by atoms with Crippen molar-refractivity contribution >= 4 is 33.4 Å².